The molecule has 0 radical (unpaired) electrons. The minimum Gasteiger partial charge on any atom is -0.378 e. The summed E-state index contributed by atoms with van der Waals surface area (Å²) in [4.78, 5) is 0. The zero-order valence-corrected chi connectivity index (χ0v) is 11.3. The summed E-state index contributed by atoms with van der Waals surface area (Å²) in [7, 11) is 0. The van der Waals surface area contributed by atoms with E-state index in [1.54, 1.807) is 0 Å². The van der Waals surface area contributed by atoms with Gasteiger partial charge in [-0.15, -0.1) is 0 Å². The highest BCUT2D eigenvalue weighted by atomic mass is 16.5. The fraction of sp³-hybridized carbons (Fsp3) is 1.00. The molecule has 0 saturated carbocycles. The summed E-state index contributed by atoms with van der Waals surface area (Å²) in [5.74, 6) is 0. The number of nitrogens with one attached hydrogen (secondary N) is 1. The Hall–Kier alpha value is -0.0800. The predicted molar refractivity (Wildman–Crippen MR) is 69.8 cm³/mol. The molecular formula is C14H29NO. The molecule has 0 spiro atoms. The second kappa shape index (κ2) is 7.29. The lowest BCUT2D eigenvalue weighted by Crippen LogP contribution is -2.32. The van der Waals surface area contributed by atoms with E-state index in [2.05, 4.69) is 26.1 Å². The van der Waals surface area contributed by atoms with Crippen molar-refractivity contribution in [3.05, 3.63) is 0 Å². The second-order valence-electron chi connectivity index (χ2n) is 5.51. The van der Waals surface area contributed by atoms with Gasteiger partial charge in [-0.25, -0.2) is 0 Å². The fourth-order valence-electron chi connectivity index (χ4n) is 2.34. The molecule has 1 aliphatic heterocycles. The van der Waals surface area contributed by atoms with Gasteiger partial charge in [0.2, 0.25) is 0 Å². The second-order valence-corrected chi connectivity index (χ2v) is 5.51. The van der Waals surface area contributed by atoms with Crippen LogP contribution in [0.25, 0.3) is 0 Å². The van der Waals surface area contributed by atoms with Crippen molar-refractivity contribution in [2.24, 2.45) is 5.41 Å². The Morgan fingerprint density at radius 3 is 2.75 bits per heavy atom. The molecule has 0 aromatic heterocycles. The van der Waals surface area contributed by atoms with Crippen molar-refractivity contribution in [2.75, 3.05) is 19.7 Å². The summed E-state index contributed by atoms with van der Waals surface area (Å²) in [5.41, 5.74) is 0.459. The van der Waals surface area contributed by atoms with Gasteiger partial charge in [-0.05, 0) is 50.5 Å². The van der Waals surface area contributed by atoms with Gasteiger partial charge in [-0.3, -0.25) is 0 Å². The predicted octanol–water partition coefficient (Wildman–Crippen LogP) is 3.36. The van der Waals surface area contributed by atoms with Gasteiger partial charge in [0.1, 0.15) is 0 Å². The van der Waals surface area contributed by atoms with Crippen molar-refractivity contribution >= 4 is 0 Å². The molecule has 0 aromatic carbocycles. The maximum atomic E-state index is 5.70. The van der Waals surface area contributed by atoms with Crippen LogP contribution in [0.4, 0.5) is 0 Å². The summed E-state index contributed by atoms with van der Waals surface area (Å²) >= 11 is 0. The van der Waals surface area contributed by atoms with E-state index < -0.39 is 0 Å². The van der Waals surface area contributed by atoms with Crippen molar-refractivity contribution in [3.63, 3.8) is 0 Å². The average Bonchev–Trinajstić information content (AvgIpc) is 2.80. The first kappa shape index (κ1) is 14.0. The molecule has 1 fully saturated rings. The van der Waals surface area contributed by atoms with Crippen LogP contribution in [0.3, 0.4) is 0 Å². The van der Waals surface area contributed by atoms with Crippen molar-refractivity contribution in [3.8, 4) is 0 Å². The van der Waals surface area contributed by atoms with Gasteiger partial charge in [0.15, 0.2) is 0 Å². The van der Waals surface area contributed by atoms with E-state index in [9.17, 15) is 0 Å². The highest BCUT2D eigenvalue weighted by Crippen LogP contribution is 2.29. The SMILES string of the molecule is CCCNCC(C)(CC)CCC1CCCO1. The molecule has 1 N–H and O–H groups in total. The quantitative estimate of drug-likeness (QED) is 0.642. The molecule has 1 saturated heterocycles. The first-order valence-electron chi connectivity index (χ1n) is 7.02. The molecule has 2 unspecified atom stereocenters. The van der Waals surface area contributed by atoms with Gasteiger partial charge in [-0.2, -0.15) is 0 Å². The highest BCUT2D eigenvalue weighted by molar-refractivity contribution is 4.78. The molecule has 1 aliphatic rings. The van der Waals surface area contributed by atoms with Gasteiger partial charge in [0.25, 0.3) is 0 Å². The third-order valence-electron chi connectivity index (χ3n) is 3.93. The fourth-order valence-corrected chi connectivity index (χ4v) is 2.34. The van der Waals surface area contributed by atoms with Crippen LogP contribution in [0.1, 0.15) is 59.3 Å². The van der Waals surface area contributed by atoms with E-state index >= 15 is 0 Å². The molecular weight excluding hydrogens is 198 g/mol. The Morgan fingerprint density at radius 2 is 2.19 bits per heavy atom. The monoisotopic (exact) mass is 227 g/mol. The molecule has 96 valence electrons. The Morgan fingerprint density at radius 1 is 1.38 bits per heavy atom. The minimum atomic E-state index is 0.459. The van der Waals surface area contributed by atoms with E-state index in [1.807, 2.05) is 0 Å². The van der Waals surface area contributed by atoms with Crippen molar-refractivity contribution in [1.82, 2.24) is 5.32 Å². The zero-order chi connectivity index (χ0) is 11.9. The Labute approximate surface area is 101 Å². The lowest BCUT2D eigenvalue weighted by atomic mass is 9.81. The van der Waals surface area contributed by atoms with Gasteiger partial charge < -0.3 is 10.1 Å². The number of ether oxygens (including phenoxy) is 1. The van der Waals surface area contributed by atoms with E-state index in [0.29, 0.717) is 11.5 Å². The molecule has 0 aliphatic carbocycles. The summed E-state index contributed by atoms with van der Waals surface area (Å²) in [5, 5.41) is 3.56. The lowest BCUT2D eigenvalue weighted by molar-refractivity contribution is 0.0885. The molecule has 2 nitrogen and oxygen atoms in total. The Bertz CT molecular complexity index is 178. The maximum Gasteiger partial charge on any atom is 0.0576 e. The molecule has 1 heterocycles. The zero-order valence-electron chi connectivity index (χ0n) is 11.3. The number of hydrogen-bond donors (Lipinski definition) is 1. The first-order valence-corrected chi connectivity index (χ1v) is 7.02. The van der Waals surface area contributed by atoms with Crippen molar-refractivity contribution < 1.29 is 4.74 Å². The summed E-state index contributed by atoms with van der Waals surface area (Å²) in [6.45, 7) is 10.2. The average molecular weight is 227 g/mol. The van der Waals surface area contributed by atoms with Gasteiger partial charge in [0, 0.05) is 13.2 Å². The summed E-state index contributed by atoms with van der Waals surface area (Å²) < 4.78 is 5.70. The standard InChI is InChI=1S/C14H29NO/c1-4-10-15-12-14(3,5-2)9-8-13-7-6-11-16-13/h13,15H,4-12H2,1-3H3. The number of hydrogen-bond acceptors (Lipinski definition) is 2. The van der Waals surface area contributed by atoms with Crippen LogP contribution in [-0.4, -0.2) is 25.8 Å². The highest BCUT2D eigenvalue weighted by Gasteiger charge is 2.24. The first-order chi connectivity index (χ1) is 7.70. The summed E-state index contributed by atoms with van der Waals surface area (Å²) in [6.07, 6.45) is 8.13. The molecule has 1 rings (SSSR count). The van der Waals surface area contributed by atoms with Crippen LogP contribution >= 0.6 is 0 Å². The molecule has 0 bridgehead atoms. The van der Waals surface area contributed by atoms with Crippen molar-refractivity contribution in [2.45, 2.75) is 65.4 Å². The van der Waals surface area contributed by atoms with Gasteiger partial charge in [0.05, 0.1) is 6.10 Å². The van der Waals surface area contributed by atoms with Crippen LogP contribution in [0.15, 0.2) is 0 Å². The van der Waals surface area contributed by atoms with Crippen LogP contribution in [0, 0.1) is 5.41 Å². The van der Waals surface area contributed by atoms with Gasteiger partial charge >= 0.3 is 0 Å². The van der Waals surface area contributed by atoms with Crippen LogP contribution in [0.5, 0.6) is 0 Å². The van der Waals surface area contributed by atoms with E-state index in [1.165, 1.54) is 38.5 Å². The normalized spacial score (nSPS) is 24.6. The lowest BCUT2D eigenvalue weighted by Gasteiger charge is -2.29. The molecule has 0 amide bonds. The van der Waals surface area contributed by atoms with E-state index in [4.69, 9.17) is 4.74 Å². The Kier molecular flexibility index (Phi) is 6.37. The topological polar surface area (TPSA) is 21.3 Å². The maximum absolute atomic E-state index is 5.70. The Balaban J connectivity index is 2.21. The van der Waals surface area contributed by atoms with E-state index in [-0.39, 0.29) is 0 Å². The van der Waals surface area contributed by atoms with Crippen LogP contribution in [-0.2, 0) is 4.74 Å². The van der Waals surface area contributed by atoms with Crippen LogP contribution < -0.4 is 5.32 Å². The van der Waals surface area contributed by atoms with Crippen molar-refractivity contribution in [1.29, 1.82) is 0 Å². The minimum absolute atomic E-state index is 0.459. The number of rotatable bonds is 8. The molecule has 2 atom stereocenters. The largest absolute Gasteiger partial charge is 0.378 e. The third kappa shape index (κ3) is 4.84. The summed E-state index contributed by atoms with van der Waals surface area (Å²) in [6, 6.07) is 0. The smallest absolute Gasteiger partial charge is 0.0576 e. The molecule has 0 aromatic rings. The molecule has 2 heteroatoms. The third-order valence-corrected chi connectivity index (χ3v) is 3.93. The molecule has 16 heavy (non-hydrogen) atoms. The van der Waals surface area contributed by atoms with Gasteiger partial charge in [-0.1, -0.05) is 20.8 Å². The van der Waals surface area contributed by atoms with E-state index in [0.717, 1.165) is 19.7 Å². The van der Waals surface area contributed by atoms with Crippen LogP contribution in [0.2, 0.25) is 0 Å².